The number of rotatable bonds is 3. The molecule has 3 atom stereocenters. The Morgan fingerprint density at radius 2 is 1.67 bits per heavy atom. The average Bonchev–Trinajstić information content (AvgIpc) is 3.01. The van der Waals surface area contributed by atoms with Crippen LogP contribution >= 0.6 is 0 Å². The Morgan fingerprint density at radius 3 is 2.09 bits per heavy atom. The van der Waals surface area contributed by atoms with Gasteiger partial charge in [0, 0.05) is 39.1 Å². The van der Waals surface area contributed by atoms with Crippen molar-refractivity contribution < 1.29 is 55.7 Å². The third-order valence-electron chi connectivity index (χ3n) is 4.43. The number of morpholine rings is 1. The highest BCUT2D eigenvalue weighted by atomic mass is 19.4. The van der Waals surface area contributed by atoms with Crippen molar-refractivity contribution in [3.63, 3.8) is 0 Å². The van der Waals surface area contributed by atoms with Crippen LogP contribution in [-0.2, 0) is 25.7 Å². The maximum Gasteiger partial charge on any atom is 0.490 e. The maximum atomic E-state index is 11.8. The molecule has 0 saturated carbocycles. The number of hydrogen-bond acceptors (Lipinski definition) is 6. The van der Waals surface area contributed by atoms with E-state index < -0.39 is 24.3 Å². The fourth-order valence-electron chi connectivity index (χ4n) is 3.08. The fraction of sp³-hybridized carbons (Fsp3) is 0.556. The normalized spacial score (nSPS) is 22.2. The number of carbonyl (C=O) groups excluding carboxylic acids is 1. The molecule has 0 radical (unpaired) electrons. The van der Waals surface area contributed by atoms with E-state index in [1.54, 1.807) is 13.2 Å². The van der Waals surface area contributed by atoms with Gasteiger partial charge in [0.25, 0.3) is 0 Å². The van der Waals surface area contributed by atoms with Crippen molar-refractivity contribution in [1.29, 1.82) is 0 Å². The molecule has 3 rings (SSSR count). The van der Waals surface area contributed by atoms with Gasteiger partial charge in [0.2, 0.25) is 5.91 Å². The van der Waals surface area contributed by atoms with Gasteiger partial charge in [-0.3, -0.25) is 14.7 Å². The number of carboxylic acids is 2. The molecule has 3 unspecified atom stereocenters. The van der Waals surface area contributed by atoms with Gasteiger partial charge in [-0.05, 0) is 18.1 Å². The topological polar surface area (TPSA) is 129 Å². The molecule has 9 nitrogen and oxygen atoms in total. The summed E-state index contributed by atoms with van der Waals surface area (Å²) in [5, 5.41) is 17.0. The molecule has 2 saturated heterocycles. The largest absolute Gasteiger partial charge is 0.490 e. The summed E-state index contributed by atoms with van der Waals surface area (Å²) in [5.41, 5.74) is 1.21. The van der Waals surface area contributed by atoms with Gasteiger partial charge >= 0.3 is 24.3 Å². The zero-order valence-electron chi connectivity index (χ0n) is 17.1. The van der Waals surface area contributed by atoms with E-state index in [2.05, 4.69) is 21.3 Å². The number of ether oxygens (including phenoxy) is 1. The first-order valence-electron chi connectivity index (χ1n) is 9.23. The molecule has 1 amide bonds. The van der Waals surface area contributed by atoms with Gasteiger partial charge in [-0.2, -0.15) is 26.3 Å². The van der Waals surface area contributed by atoms with Crippen molar-refractivity contribution in [3.8, 4) is 0 Å². The number of halogens is 6. The number of nitrogens with one attached hydrogen (secondary N) is 1. The number of carbonyl (C=O) groups is 3. The van der Waals surface area contributed by atoms with E-state index in [1.165, 1.54) is 5.56 Å². The molecule has 2 aliphatic heterocycles. The lowest BCUT2D eigenvalue weighted by Gasteiger charge is -2.32. The molecule has 33 heavy (non-hydrogen) atoms. The van der Waals surface area contributed by atoms with Crippen molar-refractivity contribution in [1.82, 2.24) is 15.2 Å². The van der Waals surface area contributed by atoms with Crippen LogP contribution < -0.4 is 5.32 Å². The summed E-state index contributed by atoms with van der Waals surface area (Å²) in [5.74, 6) is -5.40. The van der Waals surface area contributed by atoms with E-state index >= 15 is 0 Å². The van der Waals surface area contributed by atoms with Crippen LogP contribution in [0.15, 0.2) is 24.5 Å². The third-order valence-corrected chi connectivity index (χ3v) is 4.43. The van der Waals surface area contributed by atoms with Gasteiger partial charge in [-0.1, -0.05) is 6.07 Å². The Labute approximate surface area is 183 Å². The second-order valence-electron chi connectivity index (χ2n) is 6.91. The molecule has 1 aromatic heterocycles. The predicted molar refractivity (Wildman–Crippen MR) is 97.7 cm³/mol. The number of aromatic nitrogens is 1. The first-order chi connectivity index (χ1) is 15.1. The smallest absolute Gasteiger partial charge is 0.475 e. The van der Waals surface area contributed by atoms with Gasteiger partial charge in [0.1, 0.15) is 0 Å². The van der Waals surface area contributed by atoms with Gasteiger partial charge in [-0.15, -0.1) is 0 Å². The molecule has 2 bridgehead atoms. The highest BCUT2D eigenvalue weighted by Gasteiger charge is 2.44. The number of carboxylic acid groups (broad SMARTS) is 2. The lowest BCUT2D eigenvalue weighted by atomic mass is 10.00. The van der Waals surface area contributed by atoms with Crippen molar-refractivity contribution in [2.24, 2.45) is 5.92 Å². The Morgan fingerprint density at radius 1 is 1.12 bits per heavy atom. The van der Waals surface area contributed by atoms with Crippen molar-refractivity contribution in [2.45, 2.75) is 37.5 Å². The maximum absolute atomic E-state index is 11.8. The first kappa shape index (κ1) is 28.1. The highest BCUT2D eigenvalue weighted by Crippen LogP contribution is 2.32. The minimum Gasteiger partial charge on any atom is -0.475 e. The van der Waals surface area contributed by atoms with E-state index in [0.717, 1.165) is 26.1 Å². The zero-order valence-corrected chi connectivity index (χ0v) is 17.1. The predicted octanol–water partition coefficient (Wildman–Crippen LogP) is 1.68. The number of amides is 1. The average molecular weight is 489 g/mol. The standard InChI is InChI=1S/C14H19N3O2.2C2HF3O2/c1-15-14(18)12-5-11-8-17(9-13(12)19-11)7-10-3-2-4-16-6-10;2*3-2(4,5)1(6)7/h2-4,6,11-13H,5,7-9H2,1H3,(H,15,18);2*(H,6,7). The van der Waals surface area contributed by atoms with Crippen LogP contribution in [0, 0.1) is 5.92 Å². The molecule has 2 fully saturated rings. The number of fused-ring (bicyclic) bond motifs is 2. The lowest BCUT2D eigenvalue weighted by Crippen LogP contribution is -2.44. The molecule has 0 aromatic carbocycles. The van der Waals surface area contributed by atoms with E-state index in [-0.39, 0.29) is 24.0 Å². The summed E-state index contributed by atoms with van der Waals surface area (Å²) >= 11 is 0. The molecule has 0 spiro atoms. The summed E-state index contributed by atoms with van der Waals surface area (Å²) in [4.78, 5) is 36.1. The molecule has 1 aromatic rings. The van der Waals surface area contributed by atoms with Crippen LogP contribution in [0.4, 0.5) is 26.3 Å². The van der Waals surface area contributed by atoms with Crippen LogP contribution in [0.1, 0.15) is 12.0 Å². The second-order valence-corrected chi connectivity index (χ2v) is 6.91. The van der Waals surface area contributed by atoms with E-state index in [0.29, 0.717) is 0 Å². The Balaban J connectivity index is 0.000000324. The first-order valence-corrected chi connectivity index (χ1v) is 9.23. The Kier molecular flexibility index (Phi) is 10.0. The second kappa shape index (κ2) is 11.8. The van der Waals surface area contributed by atoms with Crippen molar-refractivity contribution >= 4 is 17.8 Å². The number of likely N-dealkylation sites (tertiary alicyclic amines) is 1. The number of nitrogens with zero attached hydrogens (tertiary/aromatic N) is 2. The molecule has 15 heteroatoms. The van der Waals surface area contributed by atoms with Crippen LogP contribution in [0.5, 0.6) is 0 Å². The summed E-state index contributed by atoms with van der Waals surface area (Å²) in [6.07, 6.45) is -5.41. The summed E-state index contributed by atoms with van der Waals surface area (Å²) in [6, 6.07) is 4.04. The van der Waals surface area contributed by atoms with Crippen LogP contribution in [0.2, 0.25) is 0 Å². The monoisotopic (exact) mass is 489 g/mol. The Hall–Kier alpha value is -2.94. The summed E-state index contributed by atoms with van der Waals surface area (Å²) < 4.78 is 69.4. The number of alkyl halides is 6. The van der Waals surface area contributed by atoms with Gasteiger partial charge < -0.3 is 20.3 Å². The van der Waals surface area contributed by atoms with Gasteiger partial charge in [0.15, 0.2) is 0 Å². The molecule has 186 valence electrons. The van der Waals surface area contributed by atoms with E-state index in [9.17, 15) is 31.1 Å². The minimum absolute atomic E-state index is 0.00824. The van der Waals surface area contributed by atoms with Gasteiger partial charge in [-0.25, -0.2) is 9.59 Å². The number of hydrogen-bond donors (Lipinski definition) is 3. The van der Waals surface area contributed by atoms with E-state index in [1.807, 2.05) is 12.3 Å². The molecule has 0 aliphatic carbocycles. The summed E-state index contributed by atoms with van der Waals surface area (Å²) in [6.45, 7) is 2.60. The molecular formula is C18H21F6N3O6. The van der Waals surface area contributed by atoms with Gasteiger partial charge in [0.05, 0.1) is 18.1 Å². The summed E-state index contributed by atoms with van der Waals surface area (Å²) in [7, 11) is 1.69. The molecule has 3 N–H and O–H groups in total. The molecule has 3 heterocycles. The lowest BCUT2D eigenvalue weighted by molar-refractivity contribution is -0.193. The zero-order chi connectivity index (χ0) is 25.4. The number of pyridine rings is 1. The van der Waals surface area contributed by atoms with Crippen molar-refractivity contribution in [2.75, 3.05) is 20.1 Å². The van der Waals surface area contributed by atoms with Crippen LogP contribution in [0.3, 0.4) is 0 Å². The molecule has 2 aliphatic rings. The quantitative estimate of drug-likeness (QED) is 0.548. The highest BCUT2D eigenvalue weighted by molar-refractivity contribution is 5.79. The van der Waals surface area contributed by atoms with Crippen molar-refractivity contribution in [3.05, 3.63) is 30.1 Å². The fourth-order valence-corrected chi connectivity index (χ4v) is 3.08. The Bertz CT molecular complexity index is 781. The SMILES string of the molecule is CNC(=O)C1CC2CN(Cc3cccnc3)CC1O2.O=C(O)C(F)(F)F.O=C(O)C(F)(F)F. The third kappa shape index (κ3) is 9.61. The number of aliphatic carboxylic acids is 2. The van der Waals surface area contributed by atoms with E-state index in [4.69, 9.17) is 24.5 Å². The molecular weight excluding hydrogens is 468 g/mol. The van der Waals surface area contributed by atoms with Crippen LogP contribution in [-0.4, -0.2) is 82.6 Å². The van der Waals surface area contributed by atoms with Crippen LogP contribution in [0.25, 0.3) is 0 Å². The minimum atomic E-state index is -5.08.